The summed E-state index contributed by atoms with van der Waals surface area (Å²) in [6, 6.07) is 24.9. The molecular weight excluding hydrogens is 727 g/mol. The van der Waals surface area contributed by atoms with Gasteiger partial charge in [-0.1, -0.05) is 54.6 Å². The smallest absolute Gasteiger partial charge is 0.114 e. The molecule has 0 fully saturated rings. The molecule has 2 aromatic heterocycles. The van der Waals surface area contributed by atoms with Gasteiger partial charge >= 0.3 is 0 Å². The molecule has 8 rings (SSSR count). The van der Waals surface area contributed by atoms with Crippen LogP contribution in [-0.4, -0.2) is 71.1 Å². The lowest BCUT2D eigenvalue weighted by Gasteiger charge is -2.41. The SMILES string of the molecule is C/C(CN(C[C@H]1Cc2ccc(C3CC[C@H](N(C/C(C)=C(/F)CN)C[C@H]4Cc5ccccc5CN4)c4ncccc43)cc2CN1)[C@H]1CCCc2cccnc21)=C(/F)CN. The first kappa shape index (κ1) is 40.6. The Morgan fingerprint density at radius 1 is 0.672 bits per heavy atom. The largest absolute Gasteiger partial charge is 0.325 e. The maximum atomic E-state index is 14.9. The van der Waals surface area contributed by atoms with E-state index in [1.165, 1.54) is 38.9 Å². The summed E-state index contributed by atoms with van der Waals surface area (Å²) in [4.78, 5) is 14.8. The van der Waals surface area contributed by atoms with Crippen LogP contribution in [0.2, 0.25) is 0 Å². The second kappa shape index (κ2) is 18.4. The van der Waals surface area contributed by atoms with Crippen molar-refractivity contribution in [1.82, 2.24) is 30.4 Å². The van der Waals surface area contributed by atoms with E-state index in [1.54, 1.807) is 0 Å². The number of pyridine rings is 2. The lowest BCUT2D eigenvalue weighted by atomic mass is 9.77. The Labute approximate surface area is 343 Å². The minimum atomic E-state index is -0.233. The van der Waals surface area contributed by atoms with E-state index in [0.717, 1.165) is 82.5 Å². The van der Waals surface area contributed by atoms with Crippen molar-refractivity contribution in [3.05, 3.63) is 152 Å². The number of rotatable bonds is 13. The molecule has 0 spiro atoms. The molecule has 2 aliphatic carbocycles. The Morgan fingerprint density at radius 2 is 1.26 bits per heavy atom. The van der Waals surface area contributed by atoms with Crippen molar-refractivity contribution in [3.63, 3.8) is 0 Å². The van der Waals surface area contributed by atoms with Crippen LogP contribution >= 0.6 is 0 Å². The van der Waals surface area contributed by atoms with E-state index in [4.69, 9.17) is 21.4 Å². The molecule has 4 aliphatic rings. The van der Waals surface area contributed by atoms with Crippen LogP contribution in [0.4, 0.5) is 8.78 Å². The Kier molecular flexibility index (Phi) is 12.9. The molecule has 5 atom stereocenters. The second-order valence-corrected chi connectivity index (χ2v) is 17.1. The molecule has 6 N–H and O–H groups in total. The van der Waals surface area contributed by atoms with E-state index >= 15 is 0 Å². The van der Waals surface area contributed by atoms with Gasteiger partial charge in [0.1, 0.15) is 11.7 Å². The third-order valence-electron chi connectivity index (χ3n) is 13.3. The highest BCUT2D eigenvalue weighted by atomic mass is 19.1. The zero-order valence-electron chi connectivity index (χ0n) is 34.2. The van der Waals surface area contributed by atoms with Crippen molar-refractivity contribution in [2.45, 2.75) is 102 Å². The highest BCUT2D eigenvalue weighted by Crippen LogP contribution is 2.44. The lowest BCUT2D eigenvalue weighted by Crippen LogP contribution is -2.47. The fraction of sp³-hybridized carbons (Fsp3) is 0.458. The molecule has 58 heavy (non-hydrogen) atoms. The summed E-state index contributed by atoms with van der Waals surface area (Å²) >= 11 is 0. The predicted molar refractivity (Wildman–Crippen MR) is 228 cm³/mol. The number of fused-ring (bicyclic) bond motifs is 4. The molecule has 0 saturated heterocycles. The second-order valence-electron chi connectivity index (χ2n) is 17.1. The van der Waals surface area contributed by atoms with Crippen molar-refractivity contribution < 1.29 is 8.78 Å². The zero-order chi connectivity index (χ0) is 40.2. The molecule has 4 aromatic rings. The number of halogens is 2. The average Bonchev–Trinajstić information content (AvgIpc) is 3.27. The monoisotopic (exact) mass is 786 g/mol. The maximum Gasteiger partial charge on any atom is 0.114 e. The molecule has 2 aromatic carbocycles. The first-order valence-electron chi connectivity index (χ1n) is 21.4. The highest BCUT2D eigenvalue weighted by molar-refractivity contribution is 5.43. The van der Waals surface area contributed by atoms with Gasteiger partial charge in [-0.05, 0) is 121 Å². The molecule has 0 amide bonds. The van der Waals surface area contributed by atoms with Crippen molar-refractivity contribution in [1.29, 1.82) is 0 Å². The van der Waals surface area contributed by atoms with E-state index in [0.29, 0.717) is 24.2 Å². The van der Waals surface area contributed by atoms with Crippen molar-refractivity contribution in [3.8, 4) is 0 Å². The fourth-order valence-corrected chi connectivity index (χ4v) is 10.2. The number of nitrogens with zero attached hydrogens (tertiary/aromatic N) is 4. The Balaban J connectivity index is 1.01. The minimum absolute atomic E-state index is 0.0677. The quantitative estimate of drug-likeness (QED) is 0.112. The average molecular weight is 787 g/mol. The van der Waals surface area contributed by atoms with Crippen LogP contribution in [0.15, 0.2) is 102 Å². The van der Waals surface area contributed by atoms with Crippen LogP contribution < -0.4 is 22.1 Å². The molecular formula is C48H60F2N8. The van der Waals surface area contributed by atoms with Gasteiger partial charge in [0.05, 0.1) is 23.5 Å². The summed E-state index contributed by atoms with van der Waals surface area (Å²) in [7, 11) is 0. The van der Waals surface area contributed by atoms with Gasteiger partial charge in [0.15, 0.2) is 0 Å². The predicted octanol–water partition coefficient (Wildman–Crippen LogP) is 7.26. The van der Waals surface area contributed by atoms with Gasteiger partial charge < -0.3 is 22.1 Å². The Hall–Kier alpha value is -4.16. The van der Waals surface area contributed by atoms with E-state index in [9.17, 15) is 8.78 Å². The van der Waals surface area contributed by atoms with E-state index in [1.807, 2.05) is 32.3 Å². The number of nitrogens with one attached hydrogen (secondary N) is 2. The topological polar surface area (TPSA) is 108 Å². The molecule has 0 saturated carbocycles. The Morgan fingerprint density at radius 3 is 1.95 bits per heavy atom. The summed E-state index contributed by atoms with van der Waals surface area (Å²) in [5.74, 6) is -0.235. The van der Waals surface area contributed by atoms with E-state index in [-0.39, 0.29) is 54.8 Å². The molecule has 2 aliphatic heterocycles. The van der Waals surface area contributed by atoms with Crippen molar-refractivity contribution in [2.24, 2.45) is 11.5 Å². The van der Waals surface area contributed by atoms with Crippen LogP contribution in [0.25, 0.3) is 0 Å². The summed E-state index contributed by atoms with van der Waals surface area (Å²) in [6.45, 7) is 7.84. The number of benzene rings is 2. The van der Waals surface area contributed by atoms with Crippen LogP contribution in [0, 0.1) is 0 Å². The highest BCUT2D eigenvalue weighted by Gasteiger charge is 2.36. The molecule has 0 radical (unpaired) electrons. The van der Waals surface area contributed by atoms with Crippen LogP contribution in [0.5, 0.6) is 0 Å². The normalized spacial score (nSPS) is 23.7. The summed E-state index contributed by atoms with van der Waals surface area (Å²) < 4.78 is 29.7. The van der Waals surface area contributed by atoms with E-state index < -0.39 is 0 Å². The summed E-state index contributed by atoms with van der Waals surface area (Å²) in [5.41, 5.74) is 24.5. The van der Waals surface area contributed by atoms with Gasteiger partial charge in [-0.3, -0.25) is 19.8 Å². The lowest BCUT2D eigenvalue weighted by molar-refractivity contribution is 0.163. The van der Waals surface area contributed by atoms with Gasteiger partial charge in [-0.25, -0.2) is 8.78 Å². The summed E-state index contributed by atoms with van der Waals surface area (Å²) in [5, 5.41) is 7.64. The summed E-state index contributed by atoms with van der Waals surface area (Å²) in [6.07, 6.45) is 10.7. The number of aromatic nitrogens is 2. The number of nitrogens with two attached hydrogens (primary N) is 2. The third-order valence-corrected chi connectivity index (χ3v) is 13.3. The maximum absolute atomic E-state index is 14.9. The molecule has 10 heteroatoms. The number of hydrogen-bond donors (Lipinski definition) is 4. The molecule has 8 nitrogen and oxygen atoms in total. The van der Waals surface area contributed by atoms with Gasteiger partial charge in [0.25, 0.3) is 0 Å². The minimum Gasteiger partial charge on any atom is -0.325 e. The molecule has 306 valence electrons. The molecule has 4 heterocycles. The van der Waals surface area contributed by atoms with E-state index in [2.05, 4.69) is 81.1 Å². The number of hydrogen-bond acceptors (Lipinski definition) is 8. The first-order chi connectivity index (χ1) is 28.3. The standard InChI is InChI=1S/C48H60F2N8/c1-31(43(49)23-51)27-57(45-13-5-10-33-11-6-18-53-47(33)45)29-40-22-35-14-15-36(20-38(35)26-56-40)41-16-17-46(48-42(41)12-7-19-54-48)58(28-32(2)44(50)24-52)30-39-21-34-8-3-4-9-37(34)25-55-39/h3-4,6-9,11-12,14-15,18-20,39-41,45-46,55-56H,5,10,13,16-17,21-30,51-52H2,1-2H3/b43-31-,44-32+/t39-,40-,41?,45+,46+/m1/s1. The van der Waals surface area contributed by atoms with Gasteiger partial charge in [0, 0.05) is 82.8 Å². The van der Waals surface area contributed by atoms with Gasteiger partial charge in [0.2, 0.25) is 0 Å². The van der Waals surface area contributed by atoms with Crippen molar-refractivity contribution in [2.75, 3.05) is 39.3 Å². The van der Waals surface area contributed by atoms with Crippen LogP contribution in [0.1, 0.15) is 108 Å². The Bertz CT molecular complexity index is 2130. The fourth-order valence-electron chi connectivity index (χ4n) is 10.2. The van der Waals surface area contributed by atoms with Gasteiger partial charge in [-0.15, -0.1) is 0 Å². The zero-order valence-corrected chi connectivity index (χ0v) is 34.2. The third kappa shape index (κ3) is 8.88. The number of aryl methyl sites for hydroxylation is 1. The molecule has 0 bridgehead atoms. The van der Waals surface area contributed by atoms with Gasteiger partial charge in [-0.2, -0.15) is 0 Å². The molecule has 1 unspecified atom stereocenters. The van der Waals surface area contributed by atoms with Crippen LogP contribution in [0.3, 0.4) is 0 Å². The van der Waals surface area contributed by atoms with Crippen LogP contribution in [-0.2, 0) is 32.4 Å². The first-order valence-corrected chi connectivity index (χ1v) is 21.4. The van der Waals surface area contributed by atoms with Crippen molar-refractivity contribution >= 4 is 0 Å².